The van der Waals surface area contributed by atoms with Gasteiger partial charge >= 0.3 is 8.80 Å². The molecule has 4 nitrogen and oxygen atoms in total. The van der Waals surface area contributed by atoms with Gasteiger partial charge in [0, 0.05) is 21.3 Å². The lowest BCUT2D eigenvalue weighted by Crippen LogP contribution is -2.44. The van der Waals surface area contributed by atoms with Crippen molar-refractivity contribution >= 4 is 14.6 Å². The molecule has 0 N–H and O–H groups in total. The third-order valence-corrected chi connectivity index (χ3v) is 4.32. The van der Waals surface area contributed by atoms with Crippen LogP contribution in [0.25, 0.3) is 0 Å². The molecule has 0 fully saturated rings. The van der Waals surface area contributed by atoms with Crippen molar-refractivity contribution in [1.29, 1.82) is 0 Å². The lowest BCUT2D eigenvalue weighted by Gasteiger charge is -2.22. The zero-order chi connectivity index (χ0) is 10.3. The average molecular weight is 204 g/mol. The Morgan fingerprint density at radius 3 is 2.00 bits per heavy atom. The number of hydrogen-bond acceptors (Lipinski definition) is 4. The minimum atomic E-state index is -2.72. The highest BCUT2D eigenvalue weighted by atomic mass is 28.4. The van der Waals surface area contributed by atoms with Gasteiger partial charge in [-0.1, -0.05) is 6.08 Å². The minimum Gasteiger partial charge on any atom is -0.377 e. The van der Waals surface area contributed by atoms with E-state index in [0.717, 1.165) is 0 Å². The molecule has 0 aromatic heterocycles. The predicted octanol–water partition coefficient (Wildman–Crippen LogP) is 1.01. The Morgan fingerprint density at radius 2 is 1.69 bits per heavy atom. The van der Waals surface area contributed by atoms with Crippen molar-refractivity contribution in [3.05, 3.63) is 12.2 Å². The lowest BCUT2D eigenvalue weighted by atomic mass is 10.4. The number of rotatable bonds is 6. The third kappa shape index (κ3) is 3.82. The van der Waals surface area contributed by atoms with Crippen LogP contribution in [0.15, 0.2) is 12.2 Å². The maximum Gasteiger partial charge on any atom is 0.508 e. The van der Waals surface area contributed by atoms with E-state index in [1.165, 1.54) is 27.4 Å². The topological polar surface area (TPSA) is 44.8 Å². The van der Waals surface area contributed by atoms with Crippen molar-refractivity contribution < 1.29 is 18.1 Å². The molecule has 0 aromatic rings. The molecule has 0 spiro atoms. The van der Waals surface area contributed by atoms with E-state index < -0.39 is 8.80 Å². The van der Waals surface area contributed by atoms with Crippen LogP contribution in [-0.2, 0) is 18.1 Å². The fourth-order valence-corrected chi connectivity index (χ4v) is 2.40. The van der Waals surface area contributed by atoms with Gasteiger partial charge in [0.2, 0.25) is 0 Å². The van der Waals surface area contributed by atoms with E-state index in [2.05, 4.69) is 0 Å². The molecular weight excluding hydrogens is 188 g/mol. The van der Waals surface area contributed by atoms with Crippen LogP contribution in [0, 0.1) is 0 Å². The van der Waals surface area contributed by atoms with E-state index in [-0.39, 0.29) is 11.8 Å². The summed E-state index contributed by atoms with van der Waals surface area (Å²) in [5.41, 5.74) is 0. The second-order valence-electron chi connectivity index (χ2n) is 2.44. The fraction of sp³-hybridized carbons (Fsp3) is 0.625. The number of hydrogen-bond donors (Lipinski definition) is 0. The van der Waals surface area contributed by atoms with Gasteiger partial charge in [-0.3, -0.25) is 4.79 Å². The molecule has 0 unspecified atom stereocenters. The Bertz CT molecular complexity index is 178. The highest BCUT2D eigenvalue weighted by Gasteiger charge is 2.39. The van der Waals surface area contributed by atoms with Crippen molar-refractivity contribution in [2.24, 2.45) is 0 Å². The van der Waals surface area contributed by atoms with Crippen molar-refractivity contribution in [3.63, 3.8) is 0 Å². The zero-order valence-electron chi connectivity index (χ0n) is 8.49. The van der Waals surface area contributed by atoms with Crippen LogP contribution in [-0.4, -0.2) is 35.9 Å². The van der Waals surface area contributed by atoms with Gasteiger partial charge < -0.3 is 13.3 Å². The van der Waals surface area contributed by atoms with E-state index in [4.69, 9.17) is 13.3 Å². The maximum atomic E-state index is 11.2. The van der Waals surface area contributed by atoms with Crippen LogP contribution >= 0.6 is 0 Å². The molecule has 0 saturated carbocycles. The van der Waals surface area contributed by atoms with Gasteiger partial charge in [-0.15, -0.1) is 0 Å². The molecule has 0 saturated heterocycles. The van der Waals surface area contributed by atoms with Gasteiger partial charge in [0.05, 0.1) is 6.04 Å². The predicted molar refractivity (Wildman–Crippen MR) is 51.4 cm³/mol. The Balaban J connectivity index is 4.32. The molecule has 0 rings (SSSR count). The number of carbonyl (C=O) groups excluding carboxylic acids is 1. The zero-order valence-corrected chi connectivity index (χ0v) is 9.49. The molecule has 0 radical (unpaired) electrons. The van der Waals surface area contributed by atoms with E-state index in [1.54, 1.807) is 13.0 Å². The number of allylic oxidation sites excluding steroid dienone is 2. The van der Waals surface area contributed by atoms with Gasteiger partial charge in [0.1, 0.15) is 0 Å². The second-order valence-corrected chi connectivity index (χ2v) is 5.38. The Kier molecular flexibility index (Phi) is 5.81. The Hall–Kier alpha value is -0.493. The summed E-state index contributed by atoms with van der Waals surface area (Å²) in [4.78, 5) is 11.2. The monoisotopic (exact) mass is 204 g/mol. The molecule has 0 amide bonds. The molecule has 76 valence electrons. The van der Waals surface area contributed by atoms with E-state index in [1.807, 2.05) is 0 Å². The highest BCUT2D eigenvalue weighted by molar-refractivity contribution is 6.64. The molecule has 0 bridgehead atoms. The van der Waals surface area contributed by atoms with Crippen molar-refractivity contribution in [2.75, 3.05) is 21.3 Å². The first-order chi connectivity index (χ1) is 6.14. The fourth-order valence-electron chi connectivity index (χ4n) is 0.925. The molecule has 0 aliphatic carbocycles. The van der Waals surface area contributed by atoms with Crippen LogP contribution in [0.1, 0.15) is 6.92 Å². The standard InChI is InChI=1S/C8H16O4Si/c1-5-6-8(9)7-13(10-2,11-3)12-4/h5-6H,7H2,1-4H3. The first kappa shape index (κ1) is 12.5. The first-order valence-electron chi connectivity index (χ1n) is 3.95. The normalized spacial score (nSPS) is 12.3. The Morgan fingerprint density at radius 1 is 1.23 bits per heavy atom. The quantitative estimate of drug-likeness (QED) is 0.478. The summed E-state index contributed by atoms with van der Waals surface area (Å²) in [6, 6.07) is 0.181. The van der Waals surface area contributed by atoms with Crippen molar-refractivity contribution in [1.82, 2.24) is 0 Å². The number of carbonyl (C=O) groups is 1. The molecule has 0 aliphatic rings. The molecule has 0 heterocycles. The lowest BCUT2D eigenvalue weighted by molar-refractivity contribution is -0.113. The molecule has 0 aromatic carbocycles. The second kappa shape index (κ2) is 6.04. The summed E-state index contributed by atoms with van der Waals surface area (Å²) in [6.07, 6.45) is 3.17. The maximum absolute atomic E-state index is 11.2. The Labute approximate surface area is 79.9 Å². The minimum absolute atomic E-state index is 0.0419. The summed E-state index contributed by atoms with van der Waals surface area (Å²) in [7, 11) is 1.75. The smallest absolute Gasteiger partial charge is 0.377 e. The molecule has 0 aliphatic heterocycles. The summed E-state index contributed by atoms with van der Waals surface area (Å²) < 4.78 is 15.3. The number of ketones is 1. The van der Waals surface area contributed by atoms with Crippen molar-refractivity contribution in [2.45, 2.75) is 13.0 Å². The van der Waals surface area contributed by atoms with E-state index >= 15 is 0 Å². The van der Waals surface area contributed by atoms with E-state index in [0.29, 0.717) is 0 Å². The van der Waals surface area contributed by atoms with Crippen LogP contribution in [0.4, 0.5) is 0 Å². The highest BCUT2D eigenvalue weighted by Crippen LogP contribution is 2.12. The molecule has 0 atom stereocenters. The summed E-state index contributed by atoms with van der Waals surface area (Å²) in [6.45, 7) is 1.79. The summed E-state index contributed by atoms with van der Waals surface area (Å²) >= 11 is 0. The van der Waals surface area contributed by atoms with Crippen LogP contribution < -0.4 is 0 Å². The van der Waals surface area contributed by atoms with Gasteiger partial charge in [0.15, 0.2) is 5.78 Å². The molecule has 5 heteroatoms. The van der Waals surface area contributed by atoms with Gasteiger partial charge in [-0.25, -0.2) is 0 Å². The molecule has 13 heavy (non-hydrogen) atoms. The van der Waals surface area contributed by atoms with Crippen LogP contribution in [0.2, 0.25) is 6.04 Å². The first-order valence-corrected chi connectivity index (χ1v) is 5.88. The SMILES string of the molecule is CC=CC(=O)C[Si](OC)(OC)OC. The average Bonchev–Trinajstić information content (AvgIpc) is 2.15. The summed E-state index contributed by atoms with van der Waals surface area (Å²) in [5, 5.41) is 0. The van der Waals surface area contributed by atoms with Crippen LogP contribution in [0.5, 0.6) is 0 Å². The van der Waals surface area contributed by atoms with Crippen molar-refractivity contribution in [3.8, 4) is 0 Å². The van der Waals surface area contributed by atoms with E-state index in [9.17, 15) is 4.79 Å². The van der Waals surface area contributed by atoms with Gasteiger partial charge in [0.25, 0.3) is 0 Å². The van der Waals surface area contributed by atoms with Gasteiger partial charge in [-0.05, 0) is 13.0 Å². The largest absolute Gasteiger partial charge is 0.508 e. The van der Waals surface area contributed by atoms with Crippen LogP contribution in [0.3, 0.4) is 0 Å². The van der Waals surface area contributed by atoms with Gasteiger partial charge in [-0.2, -0.15) is 0 Å². The third-order valence-electron chi connectivity index (χ3n) is 1.68. The molecular formula is C8H16O4Si. The summed E-state index contributed by atoms with van der Waals surface area (Å²) in [5.74, 6) is -0.0419.